The molecule has 1 aliphatic heterocycles. The lowest BCUT2D eigenvalue weighted by Gasteiger charge is -2.41. The van der Waals surface area contributed by atoms with Gasteiger partial charge < -0.3 is 5.73 Å². The number of hydrogen-bond acceptors (Lipinski definition) is 3. The first kappa shape index (κ1) is 15.5. The summed E-state index contributed by atoms with van der Waals surface area (Å²) in [7, 11) is 0. The molecule has 1 heterocycles. The molecular formula is C17H29N3. The Labute approximate surface area is 123 Å². The monoisotopic (exact) mass is 275 g/mol. The minimum absolute atomic E-state index is 0.521. The van der Waals surface area contributed by atoms with E-state index in [2.05, 4.69) is 54.0 Å². The van der Waals surface area contributed by atoms with Crippen molar-refractivity contribution in [1.82, 2.24) is 9.80 Å². The molecule has 0 aromatic heterocycles. The molecule has 0 aliphatic carbocycles. The molecule has 1 aromatic rings. The van der Waals surface area contributed by atoms with E-state index in [0.717, 1.165) is 26.1 Å². The molecule has 0 radical (unpaired) electrons. The second-order valence-corrected chi connectivity index (χ2v) is 5.80. The summed E-state index contributed by atoms with van der Waals surface area (Å²) in [6, 6.07) is 12.0. The number of benzene rings is 1. The lowest BCUT2D eigenvalue weighted by Crippen LogP contribution is -2.51. The van der Waals surface area contributed by atoms with Crippen LogP contribution in [0.25, 0.3) is 0 Å². The topological polar surface area (TPSA) is 32.5 Å². The lowest BCUT2D eigenvalue weighted by molar-refractivity contribution is 0.0697. The molecule has 0 amide bonds. The van der Waals surface area contributed by atoms with Crippen LogP contribution in [0.5, 0.6) is 0 Å². The maximum absolute atomic E-state index is 5.73. The first-order valence-electron chi connectivity index (χ1n) is 7.99. The third-order valence-electron chi connectivity index (χ3n) is 4.67. The van der Waals surface area contributed by atoms with Crippen molar-refractivity contribution >= 4 is 0 Å². The number of hydrogen-bond donors (Lipinski definition) is 1. The molecule has 20 heavy (non-hydrogen) atoms. The largest absolute Gasteiger partial charge is 0.330 e. The van der Waals surface area contributed by atoms with Crippen LogP contribution < -0.4 is 5.73 Å². The van der Waals surface area contributed by atoms with Gasteiger partial charge in [0.2, 0.25) is 0 Å². The summed E-state index contributed by atoms with van der Waals surface area (Å²) in [5.41, 5.74) is 7.15. The first-order valence-corrected chi connectivity index (χ1v) is 7.99. The van der Waals surface area contributed by atoms with Crippen molar-refractivity contribution < 1.29 is 0 Å². The Balaban J connectivity index is 1.87. The number of piperazine rings is 1. The highest BCUT2D eigenvalue weighted by Gasteiger charge is 2.25. The Bertz CT molecular complexity index is 371. The number of nitrogens with two attached hydrogens (primary N) is 1. The maximum atomic E-state index is 5.73. The Hall–Kier alpha value is -0.900. The van der Waals surface area contributed by atoms with Gasteiger partial charge in [-0.25, -0.2) is 0 Å². The predicted molar refractivity (Wildman–Crippen MR) is 85.8 cm³/mol. The standard InChI is InChI=1S/C17H29N3/c1-3-17(9-10-18)20-13-11-19(12-14-20)15(2)16-7-5-4-6-8-16/h4-8,15,17H,3,9-14,18H2,1-2H3. The normalized spacial score (nSPS) is 20.8. The third-order valence-corrected chi connectivity index (χ3v) is 4.67. The van der Waals surface area contributed by atoms with E-state index in [4.69, 9.17) is 5.73 Å². The van der Waals surface area contributed by atoms with Crippen LogP contribution in [0, 0.1) is 0 Å². The van der Waals surface area contributed by atoms with E-state index in [1.165, 1.54) is 25.1 Å². The van der Waals surface area contributed by atoms with Crippen molar-refractivity contribution in [3.63, 3.8) is 0 Å². The van der Waals surface area contributed by atoms with E-state index in [1.54, 1.807) is 0 Å². The summed E-state index contributed by atoms with van der Waals surface area (Å²) in [5, 5.41) is 0. The molecule has 112 valence electrons. The van der Waals surface area contributed by atoms with E-state index in [9.17, 15) is 0 Å². The van der Waals surface area contributed by atoms with Crippen LogP contribution in [-0.4, -0.2) is 48.6 Å². The number of rotatable bonds is 6. The van der Waals surface area contributed by atoms with Gasteiger partial charge in [0, 0.05) is 38.3 Å². The van der Waals surface area contributed by atoms with Gasteiger partial charge in [0.1, 0.15) is 0 Å². The quantitative estimate of drug-likeness (QED) is 0.866. The van der Waals surface area contributed by atoms with E-state index >= 15 is 0 Å². The van der Waals surface area contributed by atoms with Crippen molar-refractivity contribution in [2.75, 3.05) is 32.7 Å². The van der Waals surface area contributed by atoms with Gasteiger partial charge in [-0.3, -0.25) is 9.80 Å². The Morgan fingerprint density at radius 2 is 1.65 bits per heavy atom. The van der Waals surface area contributed by atoms with Gasteiger partial charge in [-0.2, -0.15) is 0 Å². The maximum Gasteiger partial charge on any atom is 0.0320 e. The van der Waals surface area contributed by atoms with Crippen LogP contribution in [0.1, 0.15) is 38.3 Å². The van der Waals surface area contributed by atoms with Crippen LogP contribution in [-0.2, 0) is 0 Å². The van der Waals surface area contributed by atoms with Gasteiger partial charge >= 0.3 is 0 Å². The van der Waals surface area contributed by atoms with Gasteiger partial charge in [0.05, 0.1) is 0 Å². The van der Waals surface area contributed by atoms with E-state index in [-0.39, 0.29) is 0 Å². The van der Waals surface area contributed by atoms with Crippen LogP contribution in [0.4, 0.5) is 0 Å². The molecule has 0 saturated carbocycles. The van der Waals surface area contributed by atoms with Crippen molar-refractivity contribution in [2.24, 2.45) is 5.73 Å². The molecule has 1 aromatic carbocycles. The Morgan fingerprint density at radius 3 is 2.20 bits per heavy atom. The summed E-state index contributed by atoms with van der Waals surface area (Å²) < 4.78 is 0. The third kappa shape index (κ3) is 3.81. The fourth-order valence-corrected chi connectivity index (χ4v) is 3.27. The fourth-order valence-electron chi connectivity index (χ4n) is 3.27. The molecular weight excluding hydrogens is 246 g/mol. The van der Waals surface area contributed by atoms with Crippen molar-refractivity contribution in [1.29, 1.82) is 0 Å². The molecule has 1 fully saturated rings. The molecule has 0 spiro atoms. The van der Waals surface area contributed by atoms with Crippen LogP contribution in [0.2, 0.25) is 0 Å². The zero-order chi connectivity index (χ0) is 14.4. The molecule has 1 aliphatic rings. The van der Waals surface area contributed by atoms with Gasteiger partial charge in [0.15, 0.2) is 0 Å². The van der Waals surface area contributed by atoms with Crippen molar-refractivity contribution in [2.45, 2.75) is 38.8 Å². The molecule has 2 rings (SSSR count). The molecule has 3 heteroatoms. The minimum atomic E-state index is 0.521. The van der Waals surface area contributed by atoms with Gasteiger partial charge in [-0.1, -0.05) is 37.3 Å². The first-order chi connectivity index (χ1) is 9.76. The number of nitrogens with zero attached hydrogens (tertiary/aromatic N) is 2. The highest BCUT2D eigenvalue weighted by Crippen LogP contribution is 2.22. The van der Waals surface area contributed by atoms with Crippen LogP contribution >= 0.6 is 0 Å². The fraction of sp³-hybridized carbons (Fsp3) is 0.647. The van der Waals surface area contributed by atoms with Gasteiger partial charge in [-0.15, -0.1) is 0 Å². The molecule has 1 saturated heterocycles. The summed E-state index contributed by atoms with van der Waals surface area (Å²) in [4.78, 5) is 5.22. The summed E-state index contributed by atoms with van der Waals surface area (Å²) in [5.74, 6) is 0. The summed E-state index contributed by atoms with van der Waals surface area (Å²) >= 11 is 0. The van der Waals surface area contributed by atoms with Gasteiger partial charge in [0.25, 0.3) is 0 Å². The average molecular weight is 275 g/mol. The van der Waals surface area contributed by atoms with Crippen molar-refractivity contribution in [3.8, 4) is 0 Å². The van der Waals surface area contributed by atoms with E-state index < -0.39 is 0 Å². The second kappa shape index (κ2) is 7.77. The van der Waals surface area contributed by atoms with E-state index in [1.807, 2.05) is 0 Å². The molecule has 2 N–H and O–H groups in total. The SMILES string of the molecule is CCC(CCN)N1CCN(C(C)c2ccccc2)CC1. The smallest absolute Gasteiger partial charge is 0.0320 e. The second-order valence-electron chi connectivity index (χ2n) is 5.80. The molecule has 0 bridgehead atoms. The highest BCUT2D eigenvalue weighted by molar-refractivity contribution is 5.18. The molecule has 3 nitrogen and oxygen atoms in total. The Kier molecular flexibility index (Phi) is 6.02. The lowest BCUT2D eigenvalue weighted by atomic mass is 10.0. The summed E-state index contributed by atoms with van der Waals surface area (Å²) in [6.45, 7) is 10.1. The van der Waals surface area contributed by atoms with E-state index in [0.29, 0.717) is 12.1 Å². The predicted octanol–water partition coefficient (Wildman–Crippen LogP) is 2.49. The molecule has 2 unspecified atom stereocenters. The average Bonchev–Trinajstić information content (AvgIpc) is 2.53. The van der Waals surface area contributed by atoms with Crippen molar-refractivity contribution in [3.05, 3.63) is 35.9 Å². The van der Waals surface area contributed by atoms with Gasteiger partial charge in [-0.05, 0) is 31.9 Å². The minimum Gasteiger partial charge on any atom is -0.330 e. The summed E-state index contributed by atoms with van der Waals surface area (Å²) in [6.07, 6.45) is 2.34. The van der Waals surface area contributed by atoms with Crippen LogP contribution in [0.15, 0.2) is 30.3 Å². The Morgan fingerprint density at radius 1 is 1.05 bits per heavy atom. The molecule has 2 atom stereocenters. The highest BCUT2D eigenvalue weighted by atomic mass is 15.3. The zero-order valence-electron chi connectivity index (χ0n) is 13.0. The zero-order valence-corrected chi connectivity index (χ0v) is 13.0. The van der Waals surface area contributed by atoms with Crippen LogP contribution in [0.3, 0.4) is 0 Å².